The first-order valence-corrected chi connectivity index (χ1v) is 11.1. The Morgan fingerprint density at radius 2 is 2.00 bits per heavy atom. The minimum absolute atomic E-state index is 0.0193. The lowest BCUT2D eigenvalue weighted by Crippen LogP contribution is -2.22. The molecule has 6 nitrogen and oxygen atoms in total. The van der Waals surface area contributed by atoms with Gasteiger partial charge in [-0.1, -0.05) is 36.0 Å². The molecule has 4 rings (SSSR count). The highest BCUT2D eigenvalue weighted by Crippen LogP contribution is 2.30. The first-order valence-electron chi connectivity index (χ1n) is 9.28. The molecule has 29 heavy (non-hydrogen) atoms. The van der Waals surface area contributed by atoms with Gasteiger partial charge in [0.15, 0.2) is 11.0 Å². The van der Waals surface area contributed by atoms with Crippen molar-refractivity contribution in [3.8, 4) is 16.4 Å². The Morgan fingerprint density at radius 1 is 1.10 bits per heavy atom. The SMILES string of the molecule is O=C(CCCSc1nnc(-c2cccs2)n1-c1ccccc1)NCc1ccco1. The zero-order valence-corrected chi connectivity index (χ0v) is 17.3. The number of hydrogen-bond donors (Lipinski definition) is 1. The molecule has 0 fully saturated rings. The predicted molar refractivity (Wildman–Crippen MR) is 115 cm³/mol. The van der Waals surface area contributed by atoms with Crippen LogP contribution in [0, 0.1) is 0 Å². The molecule has 0 aliphatic rings. The van der Waals surface area contributed by atoms with Crippen LogP contribution in [0.1, 0.15) is 18.6 Å². The van der Waals surface area contributed by atoms with Gasteiger partial charge in [0.05, 0.1) is 17.7 Å². The van der Waals surface area contributed by atoms with Crippen LogP contribution in [0.5, 0.6) is 0 Å². The highest BCUT2D eigenvalue weighted by molar-refractivity contribution is 7.99. The molecular weight excluding hydrogens is 404 g/mol. The zero-order chi connectivity index (χ0) is 19.9. The molecule has 8 heteroatoms. The number of hydrogen-bond acceptors (Lipinski definition) is 6. The van der Waals surface area contributed by atoms with Crippen molar-refractivity contribution in [3.05, 3.63) is 72.0 Å². The molecule has 0 saturated carbocycles. The van der Waals surface area contributed by atoms with Crippen LogP contribution in [0.15, 0.2) is 75.8 Å². The summed E-state index contributed by atoms with van der Waals surface area (Å²) in [5.41, 5.74) is 1.03. The third-order valence-corrected chi connectivity index (χ3v) is 6.09. The predicted octanol–water partition coefficient (Wildman–Crippen LogP) is 4.78. The molecule has 4 aromatic rings. The number of amides is 1. The molecule has 3 aromatic heterocycles. The molecule has 1 aromatic carbocycles. The van der Waals surface area contributed by atoms with Crippen LogP contribution in [0.3, 0.4) is 0 Å². The number of para-hydroxylation sites is 1. The fraction of sp³-hybridized carbons (Fsp3) is 0.190. The van der Waals surface area contributed by atoms with Crippen LogP contribution < -0.4 is 5.32 Å². The summed E-state index contributed by atoms with van der Waals surface area (Å²) in [5.74, 6) is 2.39. The maximum absolute atomic E-state index is 12.0. The molecule has 0 bridgehead atoms. The maximum Gasteiger partial charge on any atom is 0.220 e. The monoisotopic (exact) mass is 424 g/mol. The molecule has 0 atom stereocenters. The van der Waals surface area contributed by atoms with Gasteiger partial charge in [-0.2, -0.15) is 0 Å². The van der Waals surface area contributed by atoms with Crippen molar-refractivity contribution in [3.63, 3.8) is 0 Å². The second-order valence-corrected chi connectivity index (χ2v) is 8.27. The number of benzene rings is 1. The summed E-state index contributed by atoms with van der Waals surface area (Å²) in [6.45, 7) is 0.422. The van der Waals surface area contributed by atoms with Crippen LogP contribution in [-0.4, -0.2) is 26.4 Å². The number of furan rings is 1. The Balaban J connectivity index is 1.37. The van der Waals surface area contributed by atoms with E-state index in [2.05, 4.69) is 20.1 Å². The van der Waals surface area contributed by atoms with Crippen LogP contribution in [0.4, 0.5) is 0 Å². The number of nitrogens with zero attached hydrogens (tertiary/aromatic N) is 3. The summed E-state index contributed by atoms with van der Waals surface area (Å²) in [5, 5.41) is 14.6. The first-order chi connectivity index (χ1) is 14.3. The zero-order valence-electron chi connectivity index (χ0n) is 15.7. The van der Waals surface area contributed by atoms with Crippen molar-refractivity contribution >= 4 is 29.0 Å². The third kappa shape index (κ3) is 4.96. The summed E-state index contributed by atoms with van der Waals surface area (Å²) in [6.07, 6.45) is 2.82. The maximum atomic E-state index is 12.0. The van der Waals surface area contributed by atoms with Crippen molar-refractivity contribution in [2.45, 2.75) is 24.5 Å². The number of thiophene rings is 1. The molecular formula is C21H20N4O2S2. The third-order valence-electron chi connectivity index (χ3n) is 4.21. The molecule has 1 N–H and O–H groups in total. The highest BCUT2D eigenvalue weighted by atomic mass is 32.2. The number of carbonyl (C=O) groups excluding carboxylic acids is 1. The average Bonchev–Trinajstić information content (AvgIpc) is 3.52. The number of thioether (sulfide) groups is 1. The second kappa shape index (κ2) is 9.58. The molecule has 0 radical (unpaired) electrons. The summed E-state index contributed by atoms with van der Waals surface area (Å²) in [6, 6.07) is 17.8. The van der Waals surface area contributed by atoms with Crippen LogP contribution in [-0.2, 0) is 11.3 Å². The summed E-state index contributed by atoms with van der Waals surface area (Å²) < 4.78 is 7.30. The lowest BCUT2D eigenvalue weighted by molar-refractivity contribution is -0.121. The molecule has 1 amide bonds. The molecule has 0 aliphatic carbocycles. The standard InChI is InChI=1S/C21H20N4O2S2/c26-19(22-15-17-9-4-12-27-17)11-6-14-29-21-24-23-20(18-10-5-13-28-18)25(21)16-7-2-1-3-8-16/h1-5,7-10,12-13H,6,11,14-15H2,(H,22,26). The molecule has 0 unspecified atom stereocenters. The van der Waals surface area contributed by atoms with Crippen molar-refractivity contribution in [1.29, 1.82) is 0 Å². The van der Waals surface area contributed by atoms with Gasteiger partial charge >= 0.3 is 0 Å². The molecule has 0 spiro atoms. The van der Waals surface area contributed by atoms with E-state index in [1.165, 1.54) is 0 Å². The Bertz CT molecular complexity index is 1030. The number of aromatic nitrogens is 3. The normalized spacial score (nSPS) is 10.9. The van der Waals surface area contributed by atoms with E-state index in [-0.39, 0.29) is 5.91 Å². The van der Waals surface area contributed by atoms with Gasteiger partial charge in [-0.3, -0.25) is 9.36 Å². The lowest BCUT2D eigenvalue weighted by atomic mass is 10.3. The van der Waals surface area contributed by atoms with Gasteiger partial charge in [0.1, 0.15) is 5.76 Å². The Morgan fingerprint density at radius 3 is 2.76 bits per heavy atom. The van der Waals surface area contributed by atoms with Gasteiger partial charge in [0.25, 0.3) is 0 Å². The smallest absolute Gasteiger partial charge is 0.220 e. The summed E-state index contributed by atoms with van der Waals surface area (Å²) in [4.78, 5) is 13.1. The van der Waals surface area contributed by atoms with E-state index < -0.39 is 0 Å². The topological polar surface area (TPSA) is 73.0 Å². The first kappa shape index (κ1) is 19.5. The summed E-state index contributed by atoms with van der Waals surface area (Å²) in [7, 11) is 0. The summed E-state index contributed by atoms with van der Waals surface area (Å²) >= 11 is 3.25. The minimum Gasteiger partial charge on any atom is -0.467 e. The van der Waals surface area contributed by atoms with Crippen LogP contribution in [0.2, 0.25) is 0 Å². The van der Waals surface area contributed by atoms with E-state index >= 15 is 0 Å². The van der Waals surface area contributed by atoms with E-state index in [9.17, 15) is 4.79 Å². The minimum atomic E-state index is 0.0193. The van der Waals surface area contributed by atoms with Gasteiger partial charge in [0.2, 0.25) is 5.91 Å². The second-order valence-electron chi connectivity index (χ2n) is 6.26. The Hall–Kier alpha value is -2.84. The van der Waals surface area contributed by atoms with Crippen LogP contribution >= 0.6 is 23.1 Å². The molecule has 0 aliphatic heterocycles. The molecule has 3 heterocycles. The fourth-order valence-corrected chi connectivity index (χ4v) is 4.41. The quantitative estimate of drug-likeness (QED) is 0.309. The van der Waals surface area contributed by atoms with Gasteiger partial charge in [-0.05, 0) is 42.1 Å². The van der Waals surface area contributed by atoms with Crippen molar-refractivity contribution < 1.29 is 9.21 Å². The van der Waals surface area contributed by atoms with Crippen molar-refractivity contribution in [2.24, 2.45) is 0 Å². The fourth-order valence-electron chi connectivity index (χ4n) is 2.82. The van der Waals surface area contributed by atoms with Crippen molar-refractivity contribution in [2.75, 3.05) is 5.75 Å². The largest absolute Gasteiger partial charge is 0.467 e. The van der Waals surface area contributed by atoms with E-state index in [1.807, 2.05) is 60.0 Å². The van der Waals surface area contributed by atoms with Gasteiger partial charge in [0, 0.05) is 17.9 Å². The van der Waals surface area contributed by atoms with Gasteiger partial charge in [-0.15, -0.1) is 21.5 Å². The lowest BCUT2D eigenvalue weighted by Gasteiger charge is -2.09. The average molecular weight is 425 g/mol. The van der Waals surface area contributed by atoms with Gasteiger partial charge < -0.3 is 9.73 Å². The Kier molecular flexibility index (Phi) is 6.43. The van der Waals surface area contributed by atoms with E-state index in [4.69, 9.17) is 4.42 Å². The van der Waals surface area contributed by atoms with Gasteiger partial charge in [-0.25, -0.2) is 0 Å². The highest BCUT2D eigenvalue weighted by Gasteiger charge is 2.16. The number of carbonyl (C=O) groups is 1. The number of nitrogens with one attached hydrogen (secondary N) is 1. The molecule has 0 saturated heterocycles. The van der Waals surface area contributed by atoms with Crippen LogP contribution in [0.25, 0.3) is 16.4 Å². The van der Waals surface area contributed by atoms with E-state index in [0.29, 0.717) is 13.0 Å². The molecule has 148 valence electrons. The van der Waals surface area contributed by atoms with Crippen molar-refractivity contribution in [1.82, 2.24) is 20.1 Å². The van der Waals surface area contributed by atoms with E-state index in [0.717, 1.165) is 39.5 Å². The number of rotatable bonds is 9. The van der Waals surface area contributed by atoms with E-state index in [1.54, 1.807) is 29.4 Å². The Labute approximate surface area is 177 Å².